The van der Waals surface area contributed by atoms with Gasteiger partial charge in [-0.15, -0.1) is 0 Å². The van der Waals surface area contributed by atoms with Crippen LogP contribution in [0, 0.1) is 6.92 Å². The number of rotatable bonds is 2. The molecule has 0 atom stereocenters. The SMILES string of the molecule is Cc1cn(C)c(=O)c2c(C(=O)N3CCC(c4ccc(Cl)cc4)CC3)cn(C)c12. The van der Waals surface area contributed by atoms with Crippen molar-refractivity contribution in [2.24, 2.45) is 14.1 Å². The molecule has 6 heteroatoms. The van der Waals surface area contributed by atoms with E-state index in [0.29, 0.717) is 30.0 Å². The first-order valence-corrected chi connectivity index (χ1v) is 9.94. The summed E-state index contributed by atoms with van der Waals surface area (Å²) in [6, 6.07) is 7.98. The van der Waals surface area contributed by atoms with Crippen LogP contribution in [0.3, 0.4) is 0 Å². The summed E-state index contributed by atoms with van der Waals surface area (Å²) in [7, 11) is 3.62. The molecule has 28 heavy (non-hydrogen) atoms. The maximum absolute atomic E-state index is 13.2. The van der Waals surface area contributed by atoms with E-state index in [0.717, 1.165) is 28.9 Å². The van der Waals surface area contributed by atoms with Gasteiger partial charge in [0.15, 0.2) is 0 Å². The Balaban J connectivity index is 1.60. The molecule has 1 aliphatic heterocycles. The number of piperidine rings is 1. The number of aryl methyl sites for hydroxylation is 3. The zero-order chi connectivity index (χ0) is 20.0. The van der Waals surface area contributed by atoms with Crippen molar-refractivity contribution in [1.29, 1.82) is 0 Å². The normalized spacial score (nSPS) is 15.4. The third-order valence-corrected chi connectivity index (χ3v) is 6.08. The van der Waals surface area contributed by atoms with Crippen molar-refractivity contribution in [3.05, 3.63) is 68.7 Å². The molecule has 1 amide bonds. The van der Waals surface area contributed by atoms with E-state index in [4.69, 9.17) is 11.6 Å². The predicted molar refractivity (Wildman–Crippen MR) is 112 cm³/mol. The van der Waals surface area contributed by atoms with E-state index in [1.807, 2.05) is 41.8 Å². The summed E-state index contributed by atoms with van der Waals surface area (Å²) in [6.45, 7) is 3.34. The summed E-state index contributed by atoms with van der Waals surface area (Å²) in [5, 5.41) is 1.26. The van der Waals surface area contributed by atoms with Gasteiger partial charge in [-0.25, -0.2) is 0 Å². The second-order valence-electron chi connectivity index (χ2n) is 7.72. The Labute approximate surface area is 169 Å². The van der Waals surface area contributed by atoms with Crippen LogP contribution in [0.4, 0.5) is 0 Å². The van der Waals surface area contributed by atoms with Crippen LogP contribution in [0.25, 0.3) is 10.9 Å². The molecule has 0 N–H and O–H groups in total. The molecule has 0 spiro atoms. The Hall–Kier alpha value is -2.53. The van der Waals surface area contributed by atoms with Gasteiger partial charge in [-0.05, 0) is 48.9 Å². The lowest BCUT2D eigenvalue weighted by atomic mass is 9.89. The number of hydrogen-bond acceptors (Lipinski definition) is 2. The van der Waals surface area contributed by atoms with Gasteiger partial charge in [0, 0.05) is 44.6 Å². The molecule has 1 fully saturated rings. The van der Waals surface area contributed by atoms with Gasteiger partial charge < -0.3 is 14.0 Å². The minimum atomic E-state index is -0.124. The lowest BCUT2D eigenvalue weighted by molar-refractivity contribution is 0.0714. The molecule has 0 saturated carbocycles. The van der Waals surface area contributed by atoms with Gasteiger partial charge in [0.2, 0.25) is 0 Å². The standard InChI is InChI=1S/C22H24ClN3O2/c1-14-12-25(3)22(28)19-18(13-24(2)20(14)19)21(27)26-10-8-16(9-11-26)15-4-6-17(23)7-5-15/h4-7,12-13,16H,8-11H2,1-3H3. The number of carbonyl (C=O) groups excluding carboxylic acids is 1. The number of benzene rings is 1. The number of aromatic nitrogens is 2. The van der Waals surface area contributed by atoms with Crippen LogP contribution >= 0.6 is 11.6 Å². The zero-order valence-electron chi connectivity index (χ0n) is 16.4. The maximum atomic E-state index is 13.2. The van der Waals surface area contributed by atoms with E-state index in [9.17, 15) is 9.59 Å². The molecular weight excluding hydrogens is 374 g/mol. The number of amides is 1. The fourth-order valence-corrected chi connectivity index (χ4v) is 4.51. The highest BCUT2D eigenvalue weighted by molar-refractivity contribution is 6.30. The monoisotopic (exact) mass is 397 g/mol. The molecule has 3 heterocycles. The molecular formula is C22H24ClN3O2. The highest BCUT2D eigenvalue weighted by Gasteiger charge is 2.27. The Morgan fingerprint density at radius 3 is 2.32 bits per heavy atom. The van der Waals surface area contributed by atoms with Crippen molar-refractivity contribution in [2.75, 3.05) is 13.1 Å². The van der Waals surface area contributed by atoms with Gasteiger partial charge >= 0.3 is 0 Å². The van der Waals surface area contributed by atoms with Crippen molar-refractivity contribution in [2.45, 2.75) is 25.7 Å². The van der Waals surface area contributed by atoms with Gasteiger partial charge in [-0.1, -0.05) is 23.7 Å². The van der Waals surface area contributed by atoms with Crippen LogP contribution in [-0.2, 0) is 14.1 Å². The quantitative estimate of drug-likeness (QED) is 0.659. The van der Waals surface area contributed by atoms with Crippen LogP contribution in [-0.4, -0.2) is 33.0 Å². The molecule has 1 aromatic carbocycles. The predicted octanol–water partition coefficient (Wildman–Crippen LogP) is 3.86. The number of likely N-dealkylation sites (tertiary alicyclic amines) is 1. The van der Waals surface area contributed by atoms with Gasteiger partial charge in [-0.3, -0.25) is 9.59 Å². The topological polar surface area (TPSA) is 47.2 Å². The smallest absolute Gasteiger partial charge is 0.260 e. The Kier molecular flexibility index (Phi) is 4.79. The third kappa shape index (κ3) is 3.14. The van der Waals surface area contributed by atoms with E-state index >= 15 is 0 Å². The summed E-state index contributed by atoms with van der Waals surface area (Å²) < 4.78 is 3.45. The van der Waals surface area contributed by atoms with E-state index < -0.39 is 0 Å². The molecule has 1 saturated heterocycles. The minimum absolute atomic E-state index is 0.0529. The molecule has 1 aliphatic rings. The first-order chi connectivity index (χ1) is 13.4. The van der Waals surface area contributed by atoms with Crippen molar-refractivity contribution in [3.8, 4) is 0 Å². The molecule has 0 aliphatic carbocycles. The molecule has 2 aromatic heterocycles. The minimum Gasteiger partial charge on any atom is -0.349 e. The second kappa shape index (κ2) is 7.13. The first-order valence-electron chi connectivity index (χ1n) is 9.57. The average Bonchev–Trinajstić information content (AvgIpc) is 3.04. The highest BCUT2D eigenvalue weighted by Crippen LogP contribution is 2.30. The van der Waals surface area contributed by atoms with Gasteiger partial charge in [0.1, 0.15) is 0 Å². The van der Waals surface area contributed by atoms with Crippen molar-refractivity contribution in [1.82, 2.24) is 14.0 Å². The number of pyridine rings is 1. The van der Waals surface area contributed by atoms with Gasteiger partial charge in [0.25, 0.3) is 11.5 Å². The Morgan fingerprint density at radius 1 is 1.04 bits per heavy atom. The van der Waals surface area contributed by atoms with Crippen molar-refractivity contribution < 1.29 is 4.79 Å². The lowest BCUT2D eigenvalue weighted by Crippen LogP contribution is -2.38. The van der Waals surface area contributed by atoms with Crippen LogP contribution in [0.1, 0.15) is 40.2 Å². The van der Waals surface area contributed by atoms with E-state index in [1.165, 1.54) is 5.56 Å². The van der Waals surface area contributed by atoms with E-state index in [1.54, 1.807) is 17.8 Å². The zero-order valence-corrected chi connectivity index (χ0v) is 17.2. The van der Waals surface area contributed by atoms with Gasteiger partial charge in [-0.2, -0.15) is 0 Å². The molecule has 0 bridgehead atoms. The Bertz CT molecular complexity index is 1100. The van der Waals surface area contributed by atoms with Crippen LogP contribution in [0.15, 0.2) is 41.5 Å². The summed E-state index contributed by atoms with van der Waals surface area (Å²) in [5.74, 6) is 0.381. The lowest BCUT2D eigenvalue weighted by Gasteiger charge is -2.32. The number of halogens is 1. The maximum Gasteiger partial charge on any atom is 0.260 e. The summed E-state index contributed by atoms with van der Waals surface area (Å²) >= 11 is 5.99. The largest absolute Gasteiger partial charge is 0.349 e. The average molecular weight is 398 g/mol. The molecule has 3 aromatic rings. The first kappa shape index (κ1) is 18.8. The van der Waals surface area contributed by atoms with Crippen LogP contribution < -0.4 is 5.56 Å². The van der Waals surface area contributed by atoms with E-state index in [-0.39, 0.29) is 11.5 Å². The molecule has 146 valence electrons. The molecule has 0 radical (unpaired) electrons. The van der Waals surface area contributed by atoms with E-state index in [2.05, 4.69) is 12.1 Å². The summed E-state index contributed by atoms with van der Waals surface area (Å²) in [6.07, 6.45) is 5.44. The molecule has 5 nitrogen and oxygen atoms in total. The fraction of sp³-hybridized carbons (Fsp3) is 0.364. The summed E-state index contributed by atoms with van der Waals surface area (Å²) in [4.78, 5) is 27.8. The summed E-state index contributed by atoms with van der Waals surface area (Å²) in [5.41, 5.74) is 3.47. The van der Waals surface area contributed by atoms with Crippen LogP contribution in [0.2, 0.25) is 5.02 Å². The fourth-order valence-electron chi connectivity index (χ4n) is 4.39. The third-order valence-electron chi connectivity index (χ3n) is 5.83. The highest BCUT2D eigenvalue weighted by atomic mass is 35.5. The number of hydrogen-bond donors (Lipinski definition) is 0. The van der Waals surface area contributed by atoms with Crippen molar-refractivity contribution in [3.63, 3.8) is 0 Å². The molecule has 4 rings (SSSR count). The number of fused-ring (bicyclic) bond motifs is 1. The number of carbonyl (C=O) groups is 1. The number of nitrogens with zero attached hydrogens (tertiary/aromatic N) is 3. The second-order valence-corrected chi connectivity index (χ2v) is 8.16. The van der Waals surface area contributed by atoms with Gasteiger partial charge in [0.05, 0.1) is 16.5 Å². The van der Waals surface area contributed by atoms with Crippen LogP contribution in [0.5, 0.6) is 0 Å². The molecule has 0 unspecified atom stereocenters. The Morgan fingerprint density at radius 2 is 1.68 bits per heavy atom. The van der Waals surface area contributed by atoms with Crippen molar-refractivity contribution >= 4 is 28.4 Å².